The van der Waals surface area contributed by atoms with Crippen LogP contribution >= 0.6 is 8.03 Å². The van der Waals surface area contributed by atoms with Crippen LogP contribution in [0.2, 0.25) is 0 Å². The molecule has 1 rings (SSSR count). The third kappa shape index (κ3) is 16.0. The number of hydrogen-bond donors (Lipinski definition) is 1. The van der Waals surface area contributed by atoms with Crippen LogP contribution in [-0.4, -0.2) is 51.0 Å². The molecule has 1 atom stereocenters. The van der Waals surface area contributed by atoms with Crippen molar-refractivity contribution in [1.29, 1.82) is 0 Å². The maximum Gasteiger partial charge on any atom is 2.00 e. The maximum absolute atomic E-state index is 10.3. The molecule has 0 aliphatic carbocycles. The van der Waals surface area contributed by atoms with Crippen LogP contribution in [0.15, 0.2) is 30.3 Å². The molecular weight excluding hydrogens is 325 g/mol. The summed E-state index contributed by atoms with van der Waals surface area (Å²) in [5.41, 5.74) is 0. The summed E-state index contributed by atoms with van der Waals surface area (Å²) < 4.78 is 10.3. The van der Waals surface area contributed by atoms with Gasteiger partial charge in [-0.2, -0.15) is 4.89 Å². The van der Waals surface area contributed by atoms with Gasteiger partial charge in [0, 0.05) is 0 Å². The van der Waals surface area contributed by atoms with E-state index in [4.69, 9.17) is 4.89 Å². The molecule has 1 unspecified atom stereocenters. The number of rotatable bonds is 1. The molecule has 2 nitrogen and oxygen atoms in total. The van der Waals surface area contributed by atoms with Gasteiger partial charge in [0.2, 0.25) is 5.30 Å². The fourth-order valence-electron chi connectivity index (χ4n) is 0.556. The molecule has 78 valence electrons. The molecule has 15 heavy (non-hydrogen) atoms. The fraction of sp³-hybridized carbons (Fsp3) is 0. The number of halogens is 4. The van der Waals surface area contributed by atoms with Gasteiger partial charge in [-0.25, -0.2) is 0 Å². The summed E-state index contributed by atoms with van der Waals surface area (Å²) in [7, 11) is -2.15. The van der Waals surface area contributed by atoms with Gasteiger partial charge in [0.1, 0.15) is 0 Å². The number of benzene rings is 1. The first-order valence-electron chi connectivity index (χ1n) is 2.52. The summed E-state index contributed by atoms with van der Waals surface area (Å²) in [6.07, 6.45) is 0. The molecule has 1 aromatic rings. The Balaban J connectivity index is -0.0000000337. The zero-order valence-electron chi connectivity index (χ0n) is 7.62. The Morgan fingerprint density at radius 1 is 0.867 bits per heavy atom. The van der Waals surface area contributed by atoms with Gasteiger partial charge in [0.25, 0.3) is 0 Å². The van der Waals surface area contributed by atoms with Crippen LogP contribution in [0.5, 0.6) is 0 Å². The van der Waals surface area contributed by atoms with E-state index in [2.05, 4.69) is 0 Å². The number of hydrogen-bond acceptors (Lipinski definition) is 1. The summed E-state index contributed by atoms with van der Waals surface area (Å²) >= 11 is 0. The minimum Gasteiger partial charge on any atom is -1.00 e. The quantitative estimate of drug-likeness (QED) is 0.410. The van der Waals surface area contributed by atoms with Gasteiger partial charge in [-0.15, -0.1) is 0 Å². The Bertz CT molecular complexity index is 228. The van der Waals surface area contributed by atoms with Crippen LogP contribution in [-0.2, 0) is 4.57 Å². The zero-order chi connectivity index (χ0) is 6.69. The van der Waals surface area contributed by atoms with E-state index < -0.39 is 8.03 Å². The van der Waals surface area contributed by atoms with Crippen LogP contribution in [0.3, 0.4) is 0 Å². The molecule has 0 heterocycles. The van der Waals surface area contributed by atoms with Gasteiger partial charge < -0.3 is 49.6 Å². The van der Waals surface area contributed by atoms with Crippen molar-refractivity contribution in [2.45, 2.75) is 0 Å². The van der Waals surface area contributed by atoms with Crippen molar-refractivity contribution in [2.24, 2.45) is 0 Å². The average Bonchev–Trinajstić information content (AvgIpc) is 1.90. The zero-order valence-corrected chi connectivity index (χ0v) is 14.4. The van der Waals surface area contributed by atoms with E-state index in [1.54, 1.807) is 24.3 Å². The van der Waals surface area contributed by atoms with Gasteiger partial charge >= 0.3 is 54.1 Å². The smallest absolute Gasteiger partial charge is 1.00 e. The Morgan fingerprint density at radius 2 is 1.20 bits per heavy atom. The molecule has 0 fully saturated rings. The summed E-state index contributed by atoms with van der Waals surface area (Å²) in [5.74, 6) is 0. The molecule has 9 heteroatoms. The van der Waals surface area contributed by atoms with E-state index in [0.29, 0.717) is 5.30 Å². The molecular formula is C6H6Cl4Mg2O2P+. The summed E-state index contributed by atoms with van der Waals surface area (Å²) in [4.78, 5) is 8.53. The summed E-state index contributed by atoms with van der Waals surface area (Å²) in [5, 5.41) is 0.479. The van der Waals surface area contributed by atoms with Crippen molar-refractivity contribution < 1.29 is 59.1 Å². The molecule has 0 saturated carbocycles. The van der Waals surface area contributed by atoms with Crippen molar-refractivity contribution in [3.63, 3.8) is 0 Å². The van der Waals surface area contributed by atoms with Crippen LogP contribution in [0.1, 0.15) is 0 Å². The second kappa shape index (κ2) is 21.3. The molecule has 0 aromatic heterocycles. The first-order chi connectivity index (χ1) is 4.30. The second-order valence-electron chi connectivity index (χ2n) is 1.61. The van der Waals surface area contributed by atoms with Gasteiger partial charge in [-0.05, 0) is 16.7 Å². The van der Waals surface area contributed by atoms with Crippen molar-refractivity contribution >= 4 is 59.4 Å². The summed E-state index contributed by atoms with van der Waals surface area (Å²) in [6.45, 7) is 0. The first-order valence-corrected chi connectivity index (χ1v) is 3.73. The predicted octanol–water partition coefficient (Wildman–Crippen LogP) is -11.7. The standard InChI is InChI=1S/C6H5O2P.4ClH.2Mg/c7-9(8)6-4-2-1-3-5-6;;;;;;/h1-5H;4*1H;;/q;;;;;2*+2/p-3. The largest absolute Gasteiger partial charge is 2.00 e. The maximum atomic E-state index is 10.3. The fourth-order valence-corrected chi connectivity index (χ4v) is 0.983. The Kier molecular flexibility index (Phi) is 51.0. The Hall–Kier alpha value is 1.97. The normalized spacial score (nSPS) is 6.60. The summed E-state index contributed by atoms with van der Waals surface area (Å²) in [6, 6.07) is 8.53. The minimum absolute atomic E-state index is 0. The van der Waals surface area contributed by atoms with E-state index in [1.807, 2.05) is 6.07 Å². The van der Waals surface area contributed by atoms with Crippen LogP contribution in [0.25, 0.3) is 0 Å². The monoisotopic (exact) mass is 329 g/mol. The molecule has 0 spiro atoms. The topological polar surface area (TPSA) is 37.3 Å². The van der Waals surface area contributed by atoms with E-state index in [9.17, 15) is 4.57 Å². The van der Waals surface area contributed by atoms with Crippen molar-refractivity contribution in [1.82, 2.24) is 0 Å². The molecule has 0 bridgehead atoms. The second-order valence-corrected chi connectivity index (χ2v) is 2.67. The average molecular weight is 332 g/mol. The van der Waals surface area contributed by atoms with E-state index in [1.165, 1.54) is 0 Å². The van der Waals surface area contributed by atoms with Gasteiger partial charge in [0.05, 0.1) is 0 Å². The molecule has 0 aliphatic rings. The van der Waals surface area contributed by atoms with Crippen molar-refractivity contribution in [2.75, 3.05) is 0 Å². The van der Waals surface area contributed by atoms with Crippen LogP contribution < -0.4 is 54.9 Å². The Labute approximate surface area is 147 Å². The van der Waals surface area contributed by atoms with Gasteiger partial charge in [0.15, 0.2) is 0 Å². The van der Waals surface area contributed by atoms with Gasteiger partial charge in [-0.1, -0.05) is 18.2 Å². The first kappa shape index (κ1) is 36.0. The van der Waals surface area contributed by atoms with Gasteiger partial charge in [-0.3, -0.25) is 0 Å². The SMILES string of the molecule is O=[P+](O)c1ccccc1.[Cl-].[Cl-].[Cl-].[Cl-].[Mg+2].[Mg+2]. The molecule has 1 aromatic carbocycles. The van der Waals surface area contributed by atoms with E-state index in [-0.39, 0.29) is 95.7 Å². The Morgan fingerprint density at radius 3 is 1.40 bits per heavy atom. The third-order valence-electron chi connectivity index (χ3n) is 0.977. The molecule has 0 amide bonds. The van der Waals surface area contributed by atoms with E-state index >= 15 is 0 Å². The van der Waals surface area contributed by atoms with Crippen LogP contribution in [0, 0.1) is 0 Å². The molecule has 0 saturated heterocycles. The molecule has 0 aliphatic heterocycles. The van der Waals surface area contributed by atoms with E-state index in [0.717, 1.165) is 0 Å². The predicted molar refractivity (Wildman–Crippen MR) is 47.4 cm³/mol. The van der Waals surface area contributed by atoms with Crippen molar-refractivity contribution in [3.05, 3.63) is 30.3 Å². The van der Waals surface area contributed by atoms with Crippen molar-refractivity contribution in [3.8, 4) is 0 Å². The minimum atomic E-state index is -2.15. The van der Waals surface area contributed by atoms with Crippen LogP contribution in [0.4, 0.5) is 0 Å². The molecule has 0 radical (unpaired) electrons. The molecule has 1 N–H and O–H groups in total. The third-order valence-corrected chi connectivity index (χ3v) is 1.72.